The van der Waals surface area contributed by atoms with Crippen LogP contribution in [0, 0.1) is 5.92 Å². The van der Waals surface area contributed by atoms with E-state index in [4.69, 9.17) is 0 Å². The van der Waals surface area contributed by atoms with Crippen molar-refractivity contribution in [3.63, 3.8) is 0 Å². The van der Waals surface area contributed by atoms with Gasteiger partial charge in [0.1, 0.15) is 5.60 Å². The number of aromatic nitrogens is 2. The van der Waals surface area contributed by atoms with Crippen molar-refractivity contribution >= 4 is 0 Å². The predicted molar refractivity (Wildman–Crippen MR) is 54.7 cm³/mol. The van der Waals surface area contributed by atoms with Gasteiger partial charge in [0.05, 0.1) is 5.69 Å². The van der Waals surface area contributed by atoms with E-state index in [-0.39, 0.29) is 0 Å². The van der Waals surface area contributed by atoms with Crippen LogP contribution in [0.15, 0.2) is 12.3 Å². The smallest absolute Gasteiger partial charge is 0.104 e. The molecular weight excluding hydrogens is 176 g/mol. The van der Waals surface area contributed by atoms with Gasteiger partial charge >= 0.3 is 0 Å². The first kappa shape index (κ1) is 9.71. The van der Waals surface area contributed by atoms with E-state index in [1.165, 1.54) is 19.3 Å². The highest BCUT2D eigenvalue weighted by Crippen LogP contribution is 2.37. The Morgan fingerprint density at radius 2 is 2.36 bits per heavy atom. The van der Waals surface area contributed by atoms with Crippen molar-refractivity contribution in [1.82, 2.24) is 9.78 Å². The number of aryl methyl sites for hydroxylation is 1. The fraction of sp³-hybridized carbons (Fsp3) is 0.727. The second kappa shape index (κ2) is 3.39. The highest BCUT2D eigenvalue weighted by Gasteiger charge is 2.32. The number of aliphatic hydroxyl groups is 1. The van der Waals surface area contributed by atoms with E-state index in [1.54, 1.807) is 10.9 Å². The molecule has 1 N–H and O–H groups in total. The average Bonchev–Trinajstić information content (AvgIpc) is 2.45. The summed E-state index contributed by atoms with van der Waals surface area (Å²) in [7, 11) is 1.88. The number of hydrogen-bond acceptors (Lipinski definition) is 2. The predicted octanol–water partition coefficient (Wildman–Crippen LogP) is 1.82. The first-order chi connectivity index (χ1) is 6.59. The van der Waals surface area contributed by atoms with E-state index in [2.05, 4.69) is 5.10 Å². The summed E-state index contributed by atoms with van der Waals surface area (Å²) in [5.41, 5.74) is 0.209. The fourth-order valence-corrected chi connectivity index (χ4v) is 2.27. The summed E-state index contributed by atoms with van der Waals surface area (Å²) < 4.78 is 1.76. The van der Waals surface area contributed by atoms with Gasteiger partial charge < -0.3 is 5.11 Å². The van der Waals surface area contributed by atoms with Crippen molar-refractivity contribution in [3.8, 4) is 0 Å². The van der Waals surface area contributed by atoms with E-state index in [9.17, 15) is 5.11 Å². The van der Waals surface area contributed by atoms with E-state index >= 15 is 0 Å². The lowest BCUT2D eigenvalue weighted by Crippen LogP contribution is -2.30. The van der Waals surface area contributed by atoms with Crippen molar-refractivity contribution in [2.45, 2.75) is 38.2 Å². The van der Waals surface area contributed by atoms with Crippen molar-refractivity contribution in [2.24, 2.45) is 13.0 Å². The Kier molecular flexibility index (Phi) is 2.35. The van der Waals surface area contributed by atoms with E-state index < -0.39 is 5.60 Å². The van der Waals surface area contributed by atoms with Crippen molar-refractivity contribution in [2.75, 3.05) is 0 Å². The number of rotatable bonds is 3. The van der Waals surface area contributed by atoms with Crippen molar-refractivity contribution < 1.29 is 5.11 Å². The molecule has 1 aliphatic carbocycles. The summed E-state index contributed by atoms with van der Waals surface area (Å²) in [6.45, 7) is 1.89. The molecule has 0 aromatic carbocycles. The maximum absolute atomic E-state index is 10.3. The molecule has 1 unspecified atom stereocenters. The average molecular weight is 194 g/mol. The fourth-order valence-electron chi connectivity index (χ4n) is 2.27. The quantitative estimate of drug-likeness (QED) is 0.797. The van der Waals surface area contributed by atoms with Gasteiger partial charge in [-0.15, -0.1) is 0 Å². The van der Waals surface area contributed by atoms with Gasteiger partial charge in [0.2, 0.25) is 0 Å². The van der Waals surface area contributed by atoms with Crippen LogP contribution in [0.1, 0.15) is 38.3 Å². The second-order valence-corrected chi connectivity index (χ2v) is 4.61. The Morgan fingerprint density at radius 1 is 1.64 bits per heavy atom. The molecule has 0 saturated heterocycles. The summed E-state index contributed by atoms with van der Waals surface area (Å²) in [6, 6.07) is 1.90. The summed E-state index contributed by atoms with van der Waals surface area (Å²) in [4.78, 5) is 0. The Labute approximate surface area is 84.7 Å². The van der Waals surface area contributed by atoms with Crippen LogP contribution < -0.4 is 0 Å². The van der Waals surface area contributed by atoms with Crippen LogP contribution in [0.5, 0.6) is 0 Å². The minimum Gasteiger partial charge on any atom is -0.384 e. The maximum Gasteiger partial charge on any atom is 0.104 e. The molecule has 1 fully saturated rings. The van der Waals surface area contributed by atoms with E-state index in [0.717, 1.165) is 12.1 Å². The maximum atomic E-state index is 10.3. The molecule has 3 nitrogen and oxygen atoms in total. The molecule has 1 atom stereocenters. The molecule has 0 amide bonds. The minimum atomic E-state index is -0.712. The molecule has 0 radical (unpaired) electrons. The third kappa shape index (κ3) is 1.69. The van der Waals surface area contributed by atoms with Gasteiger partial charge in [-0.05, 0) is 25.3 Å². The first-order valence-electron chi connectivity index (χ1n) is 5.30. The topological polar surface area (TPSA) is 38.0 Å². The van der Waals surface area contributed by atoms with Crippen LogP contribution in [0.4, 0.5) is 0 Å². The molecule has 1 aliphatic rings. The lowest BCUT2D eigenvalue weighted by atomic mass is 9.77. The van der Waals surface area contributed by atoms with Gasteiger partial charge in [-0.2, -0.15) is 5.10 Å². The van der Waals surface area contributed by atoms with Crippen molar-refractivity contribution in [1.29, 1.82) is 0 Å². The minimum absolute atomic E-state index is 0.708. The van der Waals surface area contributed by atoms with Crippen LogP contribution in [-0.4, -0.2) is 14.9 Å². The molecule has 0 spiro atoms. The van der Waals surface area contributed by atoms with Gasteiger partial charge in [0.15, 0.2) is 0 Å². The SMILES string of the molecule is Cn1nccc1C(C)(O)CC1CCC1. The highest BCUT2D eigenvalue weighted by atomic mass is 16.3. The molecule has 78 valence electrons. The lowest BCUT2D eigenvalue weighted by molar-refractivity contribution is 0.00907. The molecule has 0 aliphatic heterocycles. The molecule has 2 rings (SSSR count). The molecule has 1 aromatic rings. The zero-order chi connectivity index (χ0) is 10.2. The van der Waals surface area contributed by atoms with Crippen molar-refractivity contribution in [3.05, 3.63) is 18.0 Å². The number of nitrogens with zero attached hydrogens (tertiary/aromatic N) is 2. The first-order valence-corrected chi connectivity index (χ1v) is 5.30. The third-order valence-electron chi connectivity index (χ3n) is 3.28. The van der Waals surface area contributed by atoms with Crippen LogP contribution >= 0.6 is 0 Å². The van der Waals surface area contributed by atoms with Gasteiger partial charge in [0.25, 0.3) is 0 Å². The number of hydrogen-bond donors (Lipinski definition) is 1. The Hall–Kier alpha value is -0.830. The summed E-state index contributed by atoms with van der Waals surface area (Å²) >= 11 is 0. The van der Waals surface area contributed by atoms with Gasteiger partial charge in [-0.25, -0.2) is 0 Å². The van der Waals surface area contributed by atoms with E-state index in [0.29, 0.717) is 5.92 Å². The van der Waals surface area contributed by atoms with E-state index in [1.807, 2.05) is 20.0 Å². The third-order valence-corrected chi connectivity index (χ3v) is 3.28. The molecule has 1 heterocycles. The Morgan fingerprint density at radius 3 is 2.79 bits per heavy atom. The monoisotopic (exact) mass is 194 g/mol. The van der Waals surface area contributed by atoms with Crippen LogP contribution in [0.25, 0.3) is 0 Å². The summed E-state index contributed by atoms with van der Waals surface area (Å²) in [6.07, 6.45) is 6.48. The molecule has 3 heteroatoms. The molecule has 1 aromatic heterocycles. The normalized spacial score (nSPS) is 21.6. The summed E-state index contributed by atoms with van der Waals surface area (Å²) in [5.74, 6) is 0.708. The highest BCUT2D eigenvalue weighted by molar-refractivity contribution is 5.10. The van der Waals surface area contributed by atoms with Crippen LogP contribution in [0.3, 0.4) is 0 Å². The standard InChI is InChI=1S/C11H18N2O/c1-11(14,8-9-4-3-5-9)10-6-7-12-13(10)2/h6-7,9,14H,3-5,8H2,1-2H3. The zero-order valence-corrected chi connectivity index (χ0v) is 8.90. The van der Waals surface area contributed by atoms with Gasteiger partial charge in [-0.1, -0.05) is 19.3 Å². The van der Waals surface area contributed by atoms with Crippen LogP contribution in [-0.2, 0) is 12.6 Å². The van der Waals surface area contributed by atoms with Gasteiger partial charge in [0, 0.05) is 13.2 Å². The molecular formula is C11H18N2O. The Bertz CT molecular complexity index is 313. The zero-order valence-electron chi connectivity index (χ0n) is 8.90. The lowest BCUT2D eigenvalue weighted by Gasteiger charge is -2.33. The summed E-state index contributed by atoms with van der Waals surface area (Å²) in [5, 5.41) is 14.4. The molecule has 0 bridgehead atoms. The molecule has 1 saturated carbocycles. The largest absolute Gasteiger partial charge is 0.384 e. The molecule has 14 heavy (non-hydrogen) atoms. The van der Waals surface area contributed by atoms with Crippen LogP contribution in [0.2, 0.25) is 0 Å². The Balaban J connectivity index is 2.10. The second-order valence-electron chi connectivity index (χ2n) is 4.61. The van der Waals surface area contributed by atoms with Gasteiger partial charge in [-0.3, -0.25) is 4.68 Å².